The van der Waals surface area contributed by atoms with Gasteiger partial charge < -0.3 is 31.2 Å². The summed E-state index contributed by atoms with van der Waals surface area (Å²) < 4.78 is 5.37. The van der Waals surface area contributed by atoms with Crippen molar-refractivity contribution >= 4 is 34.4 Å². The van der Waals surface area contributed by atoms with E-state index in [1.54, 1.807) is 17.4 Å². The maximum Gasteiger partial charge on any atom is 0.405 e. The van der Waals surface area contributed by atoms with E-state index in [1.807, 2.05) is 52.8 Å². The van der Waals surface area contributed by atoms with Gasteiger partial charge in [-0.2, -0.15) is 0 Å². The maximum atomic E-state index is 13.4. The number of amides is 2. The number of aryl methyl sites for hydroxylation is 1. The molecule has 1 saturated carbocycles. The van der Waals surface area contributed by atoms with Gasteiger partial charge >= 0.3 is 6.09 Å². The first-order valence-corrected chi connectivity index (χ1v) is 15.6. The number of aliphatic hydroxyl groups is 1. The molecule has 9 nitrogen and oxygen atoms in total. The highest BCUT2D eigenvalue weighted by Crippen LogP contribution is 2.36. The summed E-state index contributed by atoms with van der Waals surface area (Å²) in [5.41, 5.74) is 9.69. The van der Waals surface area contributed by atoms with Gasteiger partial charge in [-0.15, -0.1) is 11.3 Å². The van der Waals surface area contributed by atoms with E-state index < -0.39 is 17.6 Å². The number of rotatable bonds is 9. The predicted molar refractivity (Wildman–Crippen MR) is 170 cm³/mol. The number of hydrogen-bond acceptors (Lipinski definition) is 7. The Balaban J connectivity index is 1.28. The van der Waals surface area contributed by atoms with Crippen LogP contribution < -0.4 is 16.4 Å². The Morgan fingerprint density at radius 3 is 2.67 bits per heavy atom. The molecule has 1 aliphatic rings. The number of fused-ring (bicyclic) bond motifs is 1. The normalized spacial score (nSPS) is 18.5. The van der Waals surface area contributed by atoms with Gasteiger partial charge in [-0.25, -0.2) is 9.78 Å². The maximum absolute atomic E-state index is 13.4. The van der Waals surface area contributed by atoms with Gasteiger partial charge in [-0.3, -0.25) is 4.79 Å². The molecule has 0 bridgehead atoms. The summed E-state index contributed by atoms with van der Waals surface area (Å²) >= 11 is 1.76. The Hall–Kier alpha value is -3.73. The van der Waals surface area contributed by atoms with Crippen molar-refractivity contribution in [2.75, 3.05) is 0 Å². The lowest BCUT2D eigenvalue weighted by atomic mass is 9.88. The van der Waals surface area contributed by atoms with E-state index in [4.69, 9.17) is 10.5 Å². The van der Waals surface area contributed by atoms with Crippen molar-refractivity contribution < 1.29 is 19.4 Å². The molecule has 5 rings (SSSR count). The van der Waals surface area contributed by atoms with Crippen LogP contribution in [0.1, 0.15) is 91.3 Å². The summed E-state index contributed by atoms with van der Waals surface area (Å²) in [5.74, 6) is 0.289. The van der Waals surface area contributed by atoms with Crippen LogP contribution >= 0.6 is 11.3 Å². The molecular formula is C33H41N5O4S. The predicted octanol–water partition coefficient (Wildman–Crippen LogP) is 6.28. The summed E-state index contributed by atoms with van der Waals surface area (Å²) in [6, 6.07) is 16.4. The second-order valence-corrected chi connectivity index (χ2v) is 13.8. The van der Waals surface area contributed by atoms with Crippen LogP contribution in [0.5, 0.6) is 0 Å². The van der Waals surface area contributed by atoms with Crippen LogP contribution in [0.15, 0.2) is 48.5 Å². The first kappa shape index (κ1) is 30.7. The van der Waals surface area contributed by atoms with Gasteiger partial charge in [0.15, 0.2) is 6.10 Å². The largest absolute Gasteiger partial charge is 0.438 e. The molecule has 4 aromatic rings. The van der Waals surface area contributed by atoms with Crippen LogP contribution in [0.2, 0.25) is 0 Å². The molecule has 2 heterocycles. The third-order valence-electron chi connectivity index (χ3n) is 8.01. The minimum absolute atomic E-state index is 0.178. The number of nitrogens with zero attached hydrogens (tertiary/aromatic N) is 1. The lowest BCUT2D eigenvalue weighted by Gasteiger charge is -2.27. The van der Waals surface area contributed by atoms with Gasteiger partial charge in [0.2, 0.25) is 0 Å². The Bertz CT molecular complexity index is 1620. The first-order valence-electron chi connectivity index (χ1n) is 14.7. The average molecular weight is 604 g/mol. The average Bonchev–Trinajstić information content (AvgIpc) is 3.69. The molecule has 2 aromatic heterocycles. The monoisotopic (exact) mass is 603 g/mol. The summed E-state index contributed by atoms with van der Waals surface area (Å²) in [6.45, 7) is 10.5. The molecule has 2 aromatic carbocycles. The second kappa shape index (κ2) is 12.5. The van der Waals surface area contributed by atoms with E-state index in [2.05, 4.69) is 44.9 Å². The molecule has 43 heavy (non-hydrogen) atoms. The van der Waals surface area contributed by atoms with E-state index in [9.17, 15) is 14.7 Å². The molecule has 0 radical (unpaired) electrons. The number of nitrogens with two attached hydrogens (primary N) is 1. The summed E-state index contributed by atoms with van der Waals surface area (Å²) in [4.78, 5) is 35.3. The fraction of sp³-hybridized carbons (Fsp3) is 0.424. The zero-order valence-corrected chi connectivity index (χ0v) is 26.2. The number of carbonyl (C=O) groups excluding carboxylic acids is 2. The highest BCUT2D eigenvalue weighted by Gasteiger charge is 2.32. The van der Waals surface area contributed by atoms with Crippen LogP contribution in [0.3, 0.4) is 0 Å². The van der Waals surface area contributed by atoms with E-state index in [0.717, 1.165) is 48.0 Å². The fourth-order valence-electron chi connectivity index (χ4n) is 5.65. The van der Waals surface area contributed by atoms with Crippen LogP contribution in [0, 0.1) is 12.3 Å². The Labute approximate surface area is 256 Å². The third kappa shape index (κ3) is 7.26. The summed E-state index contributed by atoms with van der Waals surface area (Å²) in [7, 11) is 0. The Kier molecular flexibility index (Phi) is 8.91. The second-order valence-electron chi connectivity index (χ2n) is 12.6. The molecule has 0 spiro atoms. The van der Waals surface area contributed by atoms with Crippen molar-refractivity contribution in [1.29, 1.82) is 0 Å². The number of aromatic amines is 1. The lowest BCUT2D eigenvalue weighted by Crippen LogP contribution is -2.27. The molecule has 228 valence electrons. The van der Waals surface area contributed by atoms with Gasteiger partial charge in [0.25, 0.3) is 5.91 Å². The van der Waals surface area contributed by atoms with Crippen LogP contribution in [-0.4, -0.2) is 39.2 Å². The number of thiophene rings is 1. The molecular weight excluding hydrogens is 562 g/mol. The molecule has 10 heteroatoms. The molecule has 6 N–H and O–H groups in total. The highest BCUT2D eigenvalue weighted by atomic mass is 32.1. The Morgan fingerprint density at radius 2 is 1.98 bits per heavy atom. The number of benzene rings is 2. The van der Waals surface area contributed by atoms with E-state index in [-0.39, 0.29) is 18.1 Å². The summed E-state index contributed by atoms with van der Waals surface area (Å²) in [5, 5.41) is 16.5. The highest BCUT2D eigenvalue weighted by molar-refractivity contribution is 7.15. The number of ether oxygens (including phenoxy) is 1. The van der Waals surface area contributed by atoms with Crippen molar-refractivity contribution in [3.8, 4) is 10.4 Å². The number of aromatic nitrogens is 2. The molecule has 1 aliphatic carbocycles. The summed E-state index contributed by atoms with van der Waals surface area (Å²) in [6.07, 6.45) is 1.00. The van der Waals surface area contributed by atoms with Gasteiger partial charge in [0, 0.05) is 33.3 Å². The standard InChI is InChI=1S/C33H41N5O4S/c1-18-13-26-27(38-30(37-26)29(33(3,4)5)42-32(34)41)16-25(18)31(40)36-19(2)20-7-6-8-21(14-20)28-12-11-24(43-28)17-35-22-9-10-23(39)15-22/h6-8,11-14,16,19,22-23,29,35,39H,9-10,15,17H2,1-5H3,(H2,34,41)(H,36,40)(H,37,38)/t19-,22+,23-,29?/m1/s1. The number of aliphatic hydroxyl groups excluding tert-OH is 1. The fourth-order valence-corrected chi connectivity index (χ4v) is 6.60. The van der Waals surface area contributed by atoms with Gasteiger partial charge in [-0.05, 0) is 80.1 Å². The van der Waals surface area contributed by atoms with Crippen molar-refractivity contribution in [2.24, 2.45) is 11.1 Å². The van der Waals surface area contributed by atoms with Crippen molar-refractivity contribution in [2.45, 2.75) is 84.7 Å². The minimum atomic E-state index is -0.868. The Morgan fingerprint density at radius 1 is 1.19 bits per heavy atom. The minimum Gasteiger partial charge on any atom is -0.438 e. The van der Waals surface area contributed by atoms with E-state index in [0.29, 0.717) is 22.9 Å². The van der Waals surface area contributed by atoms with Crippen LogP contribution in [-0.2, 0) is 11.3 Å². The van der Waals surface area contributed by atoms with Crippen LogP contribution in [0.4, 0.5) is 4.79 Å². The zero-order chi connectivity index (χ0) is 30.9. The lowest BCUT2D eigenvalue weighted by molar-refractivity contribution is 0.0308. The molecule has 4 atom stereocenters. The molecule has 1 fully saturated rings. The number of carbonyl (C=O) groups is 2. The number of nitrogens with one attached hydrogen (secondary N) is 3. The molecule has 1 unspecified atom stereocenters. The van der Waals surface area contributed by atoms with Crippen molar-refractivity contribution in [3.05, 3.63) is 75.9 Å². The van der Waals surface area contributed by atoms with E-state index >= 15 is 0 Å². The first-order chi connectivity index (χ1) is 20.4. The third-order valence-corrected chi connectivity index (χ3v) is 9.14. The topological polar surface area (TPSA) is 142 Å². The number of imidazole rings is 1. The molecule has 2 amide bonds. The van der Waals surface area contributed by atoms with Crippen molar-refractivity contribution in [1.82, 2.24) is 20.6 Å². The quantitative estimate of drug-likeness (QED) is 0.153. The SMILES string of the molecule is Cc1cc2[nH]c(C(OC(N)=O)C(C)(C)C)nc2cc1C(=O)N[C@H](C)c1cccc(-c2ccc(CN[C@H]3CC[C@@H](O)C3)s2)c1. The zero-order valence-electron chi connectivity index (χ0n) is 25.4. The van der Waals surface area contributed by atoms with Crippen LogP contribution in [0.25, 0.3) is 21.5 Å². The van der Waals surface area contributed by atoms with E-state index in [1.165, 1.54) is 9.75 Å². The van der Waals surface area contributed by atoms with Gasteiger partial charge in [0.1, 0.15) is 5.82 Å². The smallest absolute Gasteiger partial charge is 0.405 e. The van der Waals surface area contributed by atoms with Crippen molar-refractivity contribution in [3.63, 3.8) is 0 Å². The number of H-pyrrole nitrogens is 1. The van der Waals surface area contributed by atoms with Gasteiger partial charge in [-0.1, -0.05) is 39.0 Å². The number of primary amides is 1. The number of hydrogen-bond donors (Lipinski definition) is 5. The molecule has 0 aliphatic heterocycles. The molecule has 0 saturated heterocycles. The van der Waals surface area contributed by atoms with Gasteiger partial charge in [0.05, 0.1) is 23.2 Å².